The minimum atomic E-state index is -0.282. The molecule has 118 valence electrons. The summed E-state index contributed by atoms with van der Waals surface area (Å²) in [5.74, 6) is -0.0486. The van der Waals surface area contributed by atoms with Crippen LogP contribution in [0, 0.1) is 0 Å². The number of amides is 2. The summed E-state index contributed by atoms with van der Waals surface area (Å²) in [6.07, 6.45) is 4.87. The molecule has 1 aliphatic carbocycles. The van der Waals surface area contributed by atoms with Crippen molar-refractivity contribution in [3.05, 3.63) is 35.9 Å². The number of quaternary nitrogens is 1. The Bertz CT molecular complexity index is 532. The fourth-order valence-electron chi connectivity index (χ4n) is 3.47. The van der Waals surface area contributed by atoms with Crippen LogP contribution in [0.25, 0.3) is 0 Å². The zero-order chi connectivity index (χ0) is 15.4. The van der Waals surface area contributed by atoms with Crippen molar-refractivity contribution in [3.63, 3.8) is 0 Å². The summed E-state index contributed by atoms with van der Waals surface area (Å²) >= 11 is 0. The number of fused-ring (bicyclic) bond motifs is 1. The van der Waals surface area contributed by atoms with Gasteiger partial charge in [0.05, 0.1) is 12.5 Å². The molecule has 3 atom stereocenters. The number of benzene rings is 1. The maximum Gasteiger partial charge on any atom is 0.279 e. The normalized spacial score (nSPS) is 27.6. The number of piperazine rings is 1. The summed E-state index contributed by atoms with van der Waals surface area (Å²) < 4.78 is 0. The van der Waals surface area contributed by atoms with Crippen LogP contribution < -0.4 is 16.0 Å². The first kappa shape index (κ1) is 15.0. The van der Waals surface area contributed by atoms with Crippen LogP contribution in [-0.4, -0.2) is 29.9 Å². The monoisotopic (exact) mass is 302 g/mol. The molecule has 3 rings (SSSR count). The van der Waals surface area contributed by atoms with Crippen molar-refractivity contribution in [2.45, 2.75) is 56.8 Å². The SMILES string of the molecule is O=C(C[C@H]1[NH2+][C@H]2CCCC[C@H]2NC1=O)NCc1ccccc1. The molecule has 2 amide bonds. The molecule has 1 aromatic rings. The van der Waals surface area contributed by atoms with Gasteiger partial charge >= 0.3 is 0 Å². The zero-order valence-electron chi connectivity index (χ0n) is 12.8. The Kier molecular flexibility index (Phi) is 4.73. The first-order valence-electron chi connectivity index (χ1n) is 8.18. The Hall–Kier alpha value is -1.88. The molecule has 1 aromatic carbocycles. The zero-order valence-corrected chi connectivity index (χ0v) is 12.8. The van der Waals surface area contributed by atoms with Gasteiger partial charge in [-0.15, -0.1) is 0 Å². The van der Waals surface area contributed by atoms with Gasteiger partial charge < -0.3 is 16.0 Å². The predicted molar refractivity (Wildman–Crippen MR) is 82.8 cm³/mol. The van der Waals surface area contributed by atoms with Crippen LogP contribution in [0.5, 0.6) is 0 Å². The highest BCUT2D eigenvalue weighted by molar-refractivity contribution is 5.87. The molecule has 4 N–H and O–H groups in total. The molecule has 2 aliphatic rings. The molecular weight excluding hydrogens is 278 g/mol. The third-order valence-corrected chi connectivity index (χ3v) is 4.70. The van der Waals surface area contributed by atoms with E-state index in [9.17, 15) is 9.59 Å². The van der Waals surface area contributed by atoms with Crippen LogP contribution in [0.4, 0.5) is 0 Å². The average molecular weight is 302 g/mol. The average Bonchev–Trinajstić information content (AvgIpc) is 2.55. The van der Waals surface area contributed by atoms with Crippen LogP contribution in [0.1, 0.15) is 37.7 Å². The lowest BCUT2D eigenvalue weighted by molar-refractivity contribution is -0.718. The summed E-state index contributed by atoms with van der Waals surface area (Å²) in [4.78, 5) is 24.2. The lowest BCUT2D eigenvalue weighted by Crippen LogP contribution is -3.03. The van der Waals surface area contributed by atoms with Gasteiger partial charge in [0.2, 0.25) is 5.91 Å². The number of hydrogen-bond donors (Lipinski definition) is 3. The van der Waals surface area contributed by atoms with Crippen molar-refractivity contribution in [3.8, 4) is 0 Å². The van der Waals surface area contributed by atoms with Gasteiger partial charge in [-0.1, -0.05) is 36.8 Å². The molecule has 0 spiro atoms. The number of nitrogens with two attached hydrogens (primary N) is 1. The van der Waals surface area contributed by atoms with Gasteiger partial charge in [-0.05, 0) is 18.4 Å². The Morgan fingerprint density at radius 2 is 2.00 bits per heavy atom. The van der Waals surface area contributed by atoms with Crippen molar-refractivity contribution < 1.29 is 14.9 Å². The molecule has 1 saturated heterocycles. The van der Waals surface area contributed by atoms with E-state index in [4.69, 9.17) is 0 Å². The molecule has 0 bridgehead atoms. The van der Waals surface area contributed by atoms with E-state index in [1.807, 2.05) is 30.3 Å². The molecule has 1 heterocycles. The van der Waals surface area contributed by atoms with E-state index in [1.165, 1.54) is 12.8 Å². The molecule has 1 saturated carbocycles. The van der Waals surface area contributed by atoms with E-state index in [0.29, 0.717) is 18.6 Å². The van der Waals surface area contributed by atoms with Crippen LogP contribution >= 0.6 is 0 Å². The first-order valence-corrected chi connectivity index (χ1v) is 8.18. The highest BCUT2D eigenvalue weighted by atomic mass is 16.2. The van der Waals surface area contributed by atoms with Crippen LogP contribution in [-0.2, 0) is 16.1 Å². The highest BCUT2D eigenvalue weighted by Crippen LogP contribution is 2.18. The molecular formula is C17H24N3O2+. The highest BCUT2D eigenvalue weighted by Gasteiger charge is 2.40. The fourth-order valence-corrected chi connectivity index (χ4v) is 3.47. The maximum absolute atomic E-state index is 12.1. The number of nitrogens with one attached hydrogen (secondary N) is 2. The lowest BCUT2D eigenvalue weighted by Gasteiger charge is -2.37. The van der Waals surface area contributed by atoms with Crippen LogP contribution in [0.3, 0.4) is 0 Å². The van der Waals surface area contributed by atoms with Gasteiger partial charge in [-0.2, -0.15) is 0 Å². The van der Waals surface area contributed by atoms with Crippen molar-refractivity contribution in [1.29, 1.82) is 0 Å². The molecule has 0 radical (unpaired) electrons. The van der Waals surface area contributed by atoms with Gasteiger partial charge in [0.1, 0.15) is 6.04 Å². The van der Waals surface area contributed by atoms with Crippen LogP contribution in [0.15, 0.2) is 30.3 Å². The summed E-state index contributed by atoms with van der Waals surface area (Å²) in [7, 11) is 0. The van der Waals surface area contributed by atoms with Gasteiger partial charge in [0.25, 0.3) is 5.91 Å². The quantitative estimate of drug-likeness (QED) is 0.736. The second-order valence-corrected chi connectivity index (χ2v) is 6.33. The van der Waals surface area contributed by atoms with Crippen molar-refractivity contribution in [1.82, 2.24) is 10.6 Å². The molecule has 22 heavy (non-hydrogen) atoms. The Balaban J connectivity index is 1.49. The minimum Gasteiger partial charge on any atom is -0.352 e. The van der Waals surface area contributed by atoms with Crippen molar-refractivity contribution >= 4 is 11.8 Å². The second-order valence-electron chi connectivity index (χ2n) is 6.33. The molecule has 5 nitrogen and oxygen atoms in total. The summed E-state index contributed by atoms with van der Waals surface area (Å²) in [5, 5.41) is 8.11. The summed E-state index contributed by atoms with van der Waals surface area (Å²) in [6.45, 7) is 0.514. The van der Waals surface area contributed by atoms with Gasteiger partial charge in [-0.3, -0.25) is 9.59 Å². The minimum absolute atomic E-state index is 0.0120. The Morgan fingerprint density at radius 1 is 1.23 bits per heavy atom. The van der Waals surface area contributed by atoms with E-state index >= 15 is 0 Å². The number of carbonyl (C=O) groups is 2. The van der Waals surface area contributed by atoms with Crippen molar-refractivity contribution in [2.75, 3.05) is 0 Å². The summed E-state index contributed by atoms with van der Waals surface area (Å²) in [5.41, 5.74) is 1.07. The number of carbonyl (C=O) groups excluding carboxylic acids is 2. The van der Waals surface area contributed by atoms with Crippen molar-refractivity contribution in [2.24, 2.45) is 0 Å². The number of hydrogen-bond acceptors (Lipinski definition) is 2. The molecule has 0 unspecified atom stereocenters. The number of rotatable bonds is 4. The van der Waals surface area contributed by atoms with E-state index in [0.717, 1.165) is 18.4 Å². The van der Waals surface area contributed by atoms with E-state index in [2.05, 4.69) is 16.0 Å². The Labute approximate surface area is 130 Å². The maximum atomic E-state index is 12.1. The topological polar surface area (TPSA) is 74.8 Å². The largest absolute Gasteiger partial charge is 0.352 e. The first-order chi connectivity index (χ1) is 10.7. The smallest absolute Gasteiger partial charge is 0.279 e. The fraction of sp³-hybridized carbons (Fsp3) is 0.529. The van der Waals surface area contributed by atoms with E-state index in [1.54, 1.807) is 0 Å². The van der Waals surface area contributed by atoms with Gasteiger partial charge in [-0.25, -0.2) is 0 Å². The second kappa shape index (κ2) is 6.92. The van der Waals surface area contributed by atoms with E-state index in [-0.39, 0.29) is 24.3 Å². The van der Waals surface area contributed by atoms with Gasteiger partial charge in [0, 0.05) is 13.0 Å². The molecule has 5 heteroatoms. The molecule has 0 aromatic heterocycles. The molecule has 1 aliphatic heterocycles. The van der Waals surface area contributed by atoms with Gasteiger partial charge in [0.15, 0.2) is 6.04 Å². The standard InChI is InChI=1S/C17H23N3O2/c21-16(18-11-12-6-2-1-3-7-12)10-15-17(22)20-14-9-5-4-8-13(14)19-15/h1-3,6-7,13-15,19H,4-5,8-11H2,(H,18,21)(H,20,22)/p+1/t13-,14+,15+/m0/s1. The third kappa shape index (κ3) is 3.65. The summed E-state index contributed by atoms with van der Waals surface area (Å²) in [6, 6.07) is 10.3. The third-order valence-electron chi connectivity index (χ3n) is 4.70. The van der Waals surface area contributed by atoms with Crippen LogP contribution in [0.2, 0.25) is 0 Å². The lowest BCUT2D eigenvalue weighted by atomic mass is 9.87. The molecule has 2 fully saturated rings. The predicted octanol–water partition coefficient (Wildman–Crippen LogP) is 0.0659. The van der Waals surface area contributed by atoms with E-state index < -0.39 is 0 Å². The Morgan fingerprint density at radius 3 is 2.82 bits per heavy atom.